The first-order valence-electron chi connectivity index (χ1n) is 4.83. The summed E-state index contributed by atoms with van der Waals surface area (Å²) in [7, 11) is 0. The zero-order valence-corrected chi connectivity index (χ0v) is 9.76. The van der Waals surface area contributed by atoms with Gasteiger partial charge in [0.15, 0.2) is 0 Å². The molecule has 0 fully saturated rings. The van der Waals surface area contributed by atoms with Crippen molar-refractivity contribution in [3.63, 3.8) is 0 Å². The van der Waals surface area contributed by atoms with Crippen molar-refractivity contribution in [3.05, 3.63) is 11.8 Å². The second-order valence-electron chi connectivity index (χ2n) is 3.35. The smallest absolute Gasteiger partial charge is 0.220 e. The molecule has 0 spiro atoms. The van der Waals surface area contributed by atoms with Gasteiger partial charge in [0.2, 0.25) is 5.91 Å². The lowest BCUT2D eigenvalue weighted by molar-refractivity contribution is -0.118. The van der Waals surface area contributed by atoms with Gasteiger partial charge in [-0.1, -0.05) is 26.8 Å². The van der Waals surface area contributed by atoms with E-state index in [1.165, 1.54) is 6.92 Å². The Labute approximate surface area is 86.6 Å². The van der Waals surface area contributed by atoms with Crippen LogP contribution in [0.5, 0.6) is 0 Å². The van der Waals surface area contributed by atoms with Crippen LogP contribution in [-0.2, 0) is 9.59 Å². The van der Waals surface area contributed by atoms with E-state index in [2.05, 4.69) is 19.2 Å². The van der Waals surface area contributed by atoms with Gasteiger partial charge in [0.05, 0.1) is 0 Å². The minimum Gasteiger partial charge on any atom is -0.331 e. The summed E-state index contributed by atoms with van der Waals surface area (Å²) in [5.74, 6) is 0.487. The largest absolute Gasteiger partial charge is 0.331 e. The average molecular weight is 199 g/mol. The van der Waals surface area contributed by atoms with Crippen LogP contribution in [-0.4, -0.2) is 12.2 Å². The number of aldehydes is 1. The van der Waals surface area contributed by atoms with Crippen molar-refractivity contribution in [1.29, 1.82) is 0 Å². The van der Waals surface area contributed by atoms with Crippen molar-refractivity contribution in [3.8, 4) is 0 Å². The topological polar surface area (TPSA) is 46.2 Å². The molecular formula is C11H21NO2. The van der Waals surface area contributed by atoms with Crippen LogP contribution in [0.4, 0.5) is 0 Å². The van der Waals surface area contributed by atoms with E-state index in [0.717, 1.165) is 12.0 Å². The number of hydrogen-bond acceptors (Lipinski definition) is 2. The molecule has 0 aromatic rings. The van der Waals surface area contributed by atoms with Crippen LogP contribution in [0.15, 0.2) is 11.8 Å². The molecule has 0 aromatic heterocycles. The number of nitrogens with one attached hydrogen (secondary N) is 1. The van der Waals surface area contributed by atoms with Gasteiger partial charge in [0.1, 0.15) is 6.29 Å². The molecule has 1 amide bonds. The van der Waals surface area contributed by atoms with E-state index in [9.17, 15) is 9.59 Å². The molecule has 0 aliphatic heterocycles. The normalized spacial score (nSPS) is 10.3. The summed E-state index contributed by atoms with van der Waals surface area (Å²) in [5, 5.41) is 2.70. The lowest BCUT2D eigenvalue weighted by atomic mass is 10.2. The average Bonchev–Trinajstić information content (AvgIpc) is 2.01. The standard InChI is InChI=1S/C8H15NO.C3H6O/c1-6(2)5-7(3)9-8(4)10;1-2-3-4/h5-6H,1-4H3,(H,9,10);3H,2H2,1H3/b7-5+;. The van der Waals surface area contributed by atoms with Gasteiger partial charge in [-0.2, -0.15) is 0 Å². The highest BCUT2D eigenvalue weighted by molar-refractivity contribution is 5.74. The molecule has 1 N–H and O–H groups in total. The summed E-state index contributed by atoms with van der Waals surface area (Å²) in [6.07, 6.45) is 3.53. The van der Waals surface area contributed by atoms with Crippen LogP contribution in [0.25, 0.3) is 0 Å². The van der Waals surface area contributed by atoms with E-state index >= 15 is 0 Å². The first-order valence-corrected chi connectivity index (χ1v) is 4.83. The highest BCUT2D eigenvalue weighted by Gasteiger charge is 1.92. The van der Waals surface area contributed by atoms with Crippen molar-refractivity contribution in [2.45, 2.75) is 41.0 Å². The molecule has 0 saturated carbocycles. The van der Waals surface area contributed by atoms with E-state index in [4.69, 9.17) is 0 Å². The highest BCUT2D eigenvalue weighted by Crippen LogP contribution is 1.97. The van der Waals surface area contributed by atoms with Crippen LogP contribution < -0.4 is 5.32 Å². The van der Waals surface area contributed by atoms with Gasteiger partial charge < -0.3 is 10.1 Å². The molecule has 3 nitrogen and oxygen atoms in total. The number of hydrogen-bond donors (Lipinski definition) is 1. The fraction of sp³-hybridized carbons (Fsp3) is 0.636. The number of carbonyl (C=O) groups excluding carboxylic acids is 2. The number of rotatable bonds is 3. The maximum Gasteiger partial charge on any atom is 0.220 e. The molecule has 0 saturated heterocycles. The molecule has 0 heterocycles. The van der Waals surface area contributed by atoms with Gasteiger partial charge >= 0.3 is 0 Å². The van der Waals surface area contributed by atoms with Crippen molar-refractivity contribution >= 4 is 12.2 Å². The van der Waals surface area contributed by atoms with E-state index in [-0.39, 0.29) is 5.91 Å². The molecule has 0 bridgehead atoms. The Kier molecular flexibility index (Phi) is 10.9. The van der Waals surface area contributed by atoms with Crippen LogP contribution in [0.2, 0.25) is 0 Å². The Morgan fingerprint density at radius 1 is 1.36 bits per heavy atom. The minimum atomic E-state index is -0.00519. The molecular weight excluding hydrogens is 178 g/mol. The monoisotopic (exact) mass is 199 g/mol. The van der Waals surface area contributed by atoms with E-state index in [0.29, 0.717) is 12.3 Å². The van der Waals surface area contributed by atoms with Gasteiger partial charge in [-0.05, 0) is 12.8 Å². The third-order valence-corrected chi connectivity index (χ3v) is 1.12. The Hall–Kier alpha value is -1.12. The van der Waals surface area contributed by atoms with Gasteiger partial charge in [0.25, 0.3) is 0 Å². The van der Waals surface area contributed by atoms with Gasteiger partial charge in [-0.3, -0.25) is 4.79 Å². The molecule has 14 heavy (non-hydrogen) atoms. The first-order chi connectivity index (χ1) is 6.43. The second-order valence-corrected chi connectivity index (χ2v) is 3.35. The van der Waals surface area contributed by atoms with Gasteiger partial charge in [0, 0.05) is 19.0 Å². The van der Waals surface area contributed by atoms with Crippen LogP contribution >= 0.6 is 0 Å². The Morgan fingerprint density at radius 3 is 2.00 bits per heavy atom. The Morgan fingerprint density at radius 2 is 1.79 bits per heavy atom. The molecule has 0 radical (unpaired) electrons. The van der Waals surface area contributed by atoms with E-state index in [1.54, 1.807) is 0 Å². The van der Waals surface area contributed by atoms with Crippen molar-refractivity contribution in [2.24, 2.45) is 5.92 Å². The lowest BCUT2D eigenvalue weighted by Gasteiger charge is -2.02. The van der Waals surface area contributed by atoms with Crippen molar-refractivity contribution in [1.82, 2.24) is 5.32 Å². The zero-order valence-electron chi connectivity index (χ0n) is 9.76. The van der Waals surface area contributed by atoms with Crippen LogP contribution in [0.1, 0.15) is 41.0 Å². The summed E-state index contributed by atoms with van der Waals surface area (Å²) >= 11 is 0. The summed E-state index contributed by atoms with van der Waals surface area (Å²) in [4.78, 5) is 19.7. The number of carbonyl (C=O) groups is 2. The number of allylic oxidation sites excluding steroid dienone is 2. The van der Waals surface area contributed by atoms with Crippen LogP contribution in [0, 0.1) is 5.92 Å². The summed E-state index contributed by atoms with van der Waals surface area (Å²) in [6.45, 7) is 9.36. The molecule has 0 atom stereocenters. The van der Waals surface area contributed by atoms with Crippen molar-refractivity contribution < 1.29 is 9.59 Å². The molecule has 0 aliphatic carbocycles. The predicted octanol–water partition coefficient (Wildman–Crippen LogP) is 2.28. The van der Waals surface area contributed by atoms with E-state index < -0.39 is 0 Å². The molecule has 0 aromatic carbocycles. The second kappa shape index (κ2) is 9.96. The quantitative estimate of drug-likeness (QED) is 0.709. The zero-order chi connectivity index (χ0) is 11.6. The molecule has 3 heteroatoms. The molecule has 0 unspecified atom stereocenters. The Bertz CT molecular complexity index is 195. The summed E-state index contributed by atoms with van der Waals surface area (Å²) in [5.41, 5.74) is 0.933. The van der Waals surface area contributed by atoms with Crippen LogP contribution in [0.3, 0.4) is 0 Å². The van der Waals surface area contributed by atoms with Crippen molar-refractivity contribution in [2.75, 3.05) is 0 Å². The minimum absolute atomic E-state index is 0.00519. The fourth-order valence-corrected chi connectivity index (χ4v) is 0.819. The SMILES string of the molecule is CC(=O)N/C(C)=C/C(C)C.CCC=O. The molecule has 0 rings (SSSR count). The fourth-order valence-electron chi connectivity index (χ4n) is 0.819. The summed E-state index contributed by atoms with van der Waals surface area (Å²) in [6, 6.07) is 0. The molecule has 0 aliphatic rings. The lowest BCUT2D eigenvalue weighted by Crippen LogP contribution is -2.17. The summed E-state index contributed by atoms with van der Waals surface area (Å²) < 4.78 is 0. The van der Waals surface area contributed by atoms with E-state index in [1.807, 2.05) is 19.9 Å². The molecule has 82 valence electrons. The highest BCUT2D eigenvalue weighted by atomic mass is 16.1. The maximum absolute atomic E-state index is 10.5. The van der Waals surface area contributed by atoms with Gasteiger partial charge in [-0.15, -0.1) is 0 Å². The maximum atomic E-state index is 10.5. The first kappa shape index (κ1) is 15.4. The Balaban J connectivity index is 0. The third-order valence-electron chi connectivity index (χ3n) is 1.12. The van der Waals surface area contributed by atoms with Gasteiger partial charge in [-0.25, -0.2) is 0 Å². The number of amides is 1. The predicted molar refractivity (Wildman–Crippen MR) is 58.8 cm³/mol. The third kappa shape index (κ3) is 17.1.